The number of aromatic nitrogens is 2. The highest BCUT2D eigenvalue weighted by atomic mass is 35.5. The number of benzene rings is 1. The van der Waals surface area contributed by atoms with E-state index in [-0.39, 0.29) is 0 Å². The summed E-state index contributed by atoms with van der Waals surface area (Å²) < 4.78 is 0. The van der Waals surface area contributed by atoms with Gasteiger partial charge in [0.25, 0.3) is 0 Å². The zero-order valence-electron chi connectivity index (χ0n) is 8.62. The third-order valence-corrected chi connectivity index (χ3v) is 3.37. The highest BCUT2D eigenvalue weighted by Crippen LogP contribution is 2.31. The maximum atomic E-state index is 6.08. The maximum Gasteiger partial charge on any atom is 0.115 e. The molecule has 1 aromatic carbocycles. The molecule has 0 aliphatic carbocycles. The lowest BCUT2D eigenvalue weighted by molar-refractivity contribution is 1.10. The van der Waals surface area contributed by atoms with Gasteiger partial charge in [-0.15, -0.1) is 0 Å². The Balaban J connectivity index is 2.17. The Morgan fingerprint density at radius 2 is 1.65 bits per heavy atom. The summed E-state index contributed by atoms with van der Waals surface area (Å²) in [6.07, 6.45) is 4.79. The van der Waals surface area contributed by atoms with Crippen LogP contribution >= 0.6 is 34.8 Å². The lowest BCUT2D eigenvalue weighted by atomic mass is 10.2. The van der Waals surface area contributed by atoms with Crippen LogP contribution in [-0.2, 0) is 6.54 Å². The van der Waals surface area contributed by atoms with Crippen molar-refractivity contribution in [1.29, 1.82) is 0 Å². The monoisotopic (exact) mass is 287 g/mol. The van der Waals surface area contributed by atoms with E-state index in [4.69, 9.17) is 34.8 Å². The number of halogens is 3. The van der Waals surface area contributed by atoms with Crippen molar-refractivity contribution >= 4 is 40.5 Å². The van der Waals surface area contributed by atoms with E-state index in [1.165, 1.54) is 6.33 Å². The van der Waals surface area contributed by atoms with Gasteiger partial charge in [-0.1, -0.05) is 34.8 Å². The normalized spacial score (nSPS) is 10.3. The number of hydrogen-bond acceptors (Lipinski definition) is 3. The molecule has 0 fully saturated rings. The van der Waals surface area contributed by atoms with Crippen LogP contribution in [0.4, 0.5) is 5.69 Å². The highest BCUT2D eigenvalue weighted by Gasteiger charge is 2.09. The molecule has 0 radical (unpaired) electrons. The molecule has 17 heavy (non-hydrogen) atoms. The van der Waals surface area contributed by atoms with E-state index in [0.717, 1.165) is 11.3 Å². The van der Waals surface area contributed by atoms with E-state index >= 15 is 0 Å². The summed E-state index contributed by atoms with van der Waals surface area (Å²) in [4.78, 5) is 7.79. The molecular formula is C11H8Cl3N3. The fourth-order valence-corrected chi connectivity index (χ4v) is 1.99. The van der Waals surface area contributed by atoms with E-state index in [9.17, 15) is 0 Å². The van der Waals surface area contributed by atoms with Gasteiger partial charge in [-0.25, -0.2) is 9.97 Å². The van der Waals surface area contributed by atoms with Gasteiger partial charge in [-0.2, -0.15) is 0 Å². The van der Waals surface area contributed by atoms with Gasteiger partial charge < -0.3 is 5.32 Å². The van der Waals surface area contributed by atoms with E-state index in [1.54, 1.807) is 24.5 Å². The fraction of sp³-hybridized carbons (Fsp3) is 0.0909. The summed E-state index contributed by atoms with van der Waals surface area (Å²) in [7, 11) is 0. The van der Waals surface area contributed by atoms with Gasteiger partial charge in [0.2, 0.25) is 0 Å². The third-order valence-electron chi connectivity index (χ3n) is 2.17. The zero-order chi connectivity index (χ0) is 12.3. The standard InChI is InChI=1S/C11H8Cl3N3/c12-9-1-2-10(13)11(14)8(9)5-17-7-3-15-6-16-4-7/h1-4,6,17H,5H2. The minimum atomic E-state index is 0.462. The van der Waals surface area contributed by atoms with E-state index in [2.05, 4.69) is 15.3 Å². The molecule has 88 valence electrons. The molecule has 0 saturated heterocycles. The first-order chi connectivity index (χ1) is 8.18. The van der Waals surface area contributed by atoms with Crippen LogP contribution in [0.25, 0.3) is 0 Å². The van der Waals surface area contributed by atoms with Crippen molar-refractivity contribution < 1.29 is 0 Å². The van der Waals surface area contributed by atoms with Gasteiger partial charge in [0.05, 0.1) is 28.1 Å². The van der Waals surface area contributed by atoms with E-state index in [1.807, 2.05) is 0 Å². The molecule has 1 heterocycles. The average Bonchev–Trinajstić information content (AvgIpc) is 2.35. The topological polar surface area (TPSA) is 37.8 Å². The molecular weight excluding hydrogens is 281 g/mol. The second kappa shape index (κ2) is 5.54. The van der Waals surface area contributed by atoms with Crippen LogP contribution in [0.2, 0.25) is 15.1 Å². The summed E-state index contributed by atoms with van der Waals surface area (Å²) in [5.41, 5.74) is 1.55. The molecule has 1 N–H and O–H groups in total. The van der Waals surface area contributed by atoms with Crippen molar-refractivity contribution in [3.63, 3.8) is 0 Å². The Hall–Kier alpha value is -1.03. The van der Waals surface area contributed by atoms with Crippen LogP contribution in [0.3, 0.4) is 0 Å². The van der Waals surface area contributed by atoms with Crippen molar-refractivity contribution in [1.82, 2.24) is 9.97 Å². The molecule has 0 spiro atoms. The van der Waals surface area contributed by atoms with Gasteiger partial charge in [-0.3, -0.25) is 0 Å². The largest absolute Gasteiger partial charge is 0.378 e. The molecule has 1 aromatic heterocycles. The molecule has 0 atom stereocenters. The zero-order valence-corrected chi connectivity index (χ0v) is 10.9. The minimum absolute atomic E-state index is 0.462. The number of nitrogens with zero attached hydrogens (tertiary/aromatic N) is 2. The quantitative estimate of drug-likeness (QED) is 0.866. The molecule has 0 aliphatic rings. The Morgan fingerprint density at radius 1 is 1.00 bits per heavy atom. The summed E-state index contributed by atoms with van der Waals surface area (Å²) in [5.74, 6) is 0. The summed E-state index contributed by atoms with van der Waals surface area (Å²) in [5, 5.41) is 4.64. The van der Waals surface area contributed by atoms with Gasteiger partial charge >= 0.3 is 0 Å². The van der Waals surface area contributed by atoms with Crippen LogP contribution in [0.15, 0.2) is 30.9 Å². The molecule has 0 unspecified atom stereocenters. The van der Waals surface area contributed by atoms with Crippen molar-refractivity contribution in [2.45, 2.75) is 6.54 Å². The molecule has 2 rings (SSSR count). The summed E-state index contributed by atoms with van der Waals surface area (Å²) in [6, 6.07) is 3.38. The SMILES string of the molecule is Clc1ccc(Cl)c(CNc2cncnc2)c1Cl. The van der Waals surface area contributed by atoms with Crippen molar-refractivity contribution in [2.24, 2.45) is 0 Å². The van der Waals surface area contributed by atoms with Crippen LogP contribution in [0.5, 0.6) is 0 Å². The number of anilines is 1. The first kappa shape index (κ1) is 12.4. The third kappa shape index (κ3) is 3.00. The molecule has 0 aliphatic heterocycles. The first-order valence-electron chi connectivity index (χ1n) is 4.79. The van der Waals surface area contributed by atoms with Crippen LogP contribution in [0, 0.1) is 0 Å². The Kier molecular flexibility index (Phi) is 4.05. The fourth-order valence-electron chi connectivity index (χ4n) is 1.31. The predicted molar refractivity (Wildman–Crippen MR) is 70.8 cm³/mol. The van der Waals surface area contributed by atoms with E-state index in [0.29, 0.717) is 21.6 Å². The number of hydrogen-bond donors (Lipinski definition) is 1. The second-order valence-corrected chi connectivity index (χ2v) is 4.49. The first-order valence-corrected chi connectivity index (χ1v) is 5.93. The Morgan fingerprint density at radius 3 is 2.35 bits per heavy atom. The molecule has 0 amide bonds. The smallest absolute Gasteiger partial charge is 0.115 e. The number of rotatable bonds is 3. The van der Waals surface area contributed by atoms with Crippen LogP contribution in [-0.4, -0.2) is 9.97 Å². The lowest BCUT2D eigenvalue weighted by Crippen LogP contribution is -2.01. The van der Waals surface area contributed by atoms with Crippen LogP contribution in [0.1, 0.15) is 5.56 Å². The summed E-state index contributed by atoms with van der Waals surface area (Å²) >= 11 is 18.1. The van der Waals surface area contributed by atoms with Gasteiger partial charge in [0.15, 0.2) is 0 Å². The van der Waals surface area contributed by atoms with Crippen molar-refractivity contribution in [3.05, 3.63) is 51.5 Å². The molecule has 2 aromatic rings. The second-order valence-electron chi connectivity index (χ2n) is 3.30. The van der Waals surface area contributed by atoms with Gasteiger partial charge in [0.1, 0.15) is 6.33 Å². The molecule has 0 saturated carbocycles. The van der Waals surface area contributed by atoms with Gasteiger partial charge in [-0.05, 0) is 12.1 Å². The van der Waals surface area contributed by atoms with Crippen LogP contribution < -0.4 is 5.32 Å². The van der Waals surface area contributed by atoms with Crippen molar-refractivity contribution in [2.75, 3.05) is 5.32 Å². The highest BCUT2D eigenvalue weighted by molar-refractivity contribution is 6.44. The molecule has 0 bridgehead atoms. The van der Waals surface area contributed by atoms with E-state index < -0.39 is 0 Å². The van der Waals surface area contributed by atoms with Crippen molar-refractivity contribution in [3.8, 4) is 0 Å². The minimum Gasteiger partial charge on any atom is -0.378 e. The number of nitrogens with one attached hydrogen (secondary N) is 1. The Labute approximate surface area is 114 Å². The molecule has 3 nitrogen and oxygen atoms in total. The lowest BCUT2D eigenvalue weighted by Gasteiger charge is -2.10. The maximum absolute atomic E-state index is 6.08. The van der Waals surface area contributed by atoms with Gasteiger partial charge in [0, 0.05) is 17.1 Å². The molecule has 6 heteroatoms. The summed E-state index contributed by atoms with van der Waals surface area (Å²) in [6.45, 7) is 0.464. The predicted octanol–water partition coefficient (Wildman–Crippen LogP) is 4.05. The average molecular weight is 289 g/mol. The Bertz CT molecular complexity index is 517.